The van der Waals surface area contributed by atoms with Crippen LogP contribution in [0.15, 0.2) is 24.3 Å². The summed E-state index contributed by atoms with van der Waals surface area (Å²) >= 11 is 0. The number of hydrogen-bond donors (Lipinski definition) is 2. The van der Waals surface area contributed by atoms with Crippen molar-refractivity contribution in [3.05, 3.63) is 29.8 Å². The molecule has 0 amide bonds. The molecule has 0 unspecified atom stereocenters. The average Bonchev–Trinajstić information content (AvgIpc) is 2.26. The lowest BCUT2D eigenvalue weighted by atomic mass is 10.2. The highest BCUT2D eigenvalue weighted by Crippen LogP contribution is 2.14. The Morgan fingerprint density at radius 3 is 2.81 bits per heavy atom. The Labute approximate surface area is 95.7 Å². The molecule has 0 aliphatic carbocycles. The van der Waals surface area contributed by atoms with E-state index in [9.17, 15) is 8.42 Å². The summed E-state index contributed by atoms with van der Waals surface area (Å²) in [6.45, 7) is 0.545. The third-order valence-corrected chi connectivity index (χ3v) is 3.31. The van der Waals surface area contributed by atoms with Crippen molar-refractivity contribution in [1.82, 2.24) is 4.72 Å². The second kappa shape index (κ2) is 5.83. The first-order chi connectivity index (χ1) is 7.57. The topological polar surface area (TPSA) is 81.4 Å². The third kappa shape index (κ3) is 4.18. The van der Waals surface area contributed by atoms with Crippen LogP contribution in [0.4, 0.5) is 0 Å². The van der Waals surface area contributed by atoms with Crippen LogP contribution in [0.1, 0.15) is 5.56 Å². The lowest BCUT2D eigenvalue weighted by Crippen LogP contribution is -2.30. The molecule has 1 aromatic rings. The second-order valence-electron chi connectivity index (χ2n) is 3.29. The van der Waals surface area contributed by atoms with Crippen LogP contribution in [0.5, 0.6) is 5.75 Å². The summed E-state index contributed by atoms with van der Waals surface area (Å²) in [6.07, 6.45) is 0. The zero-order valence-corrected chi connectivity index (χ0v) is 9.96. The van der Waals surface area contributed by atoms with Gasteiger partial charge in [-0.1, -0.05) is 12.1 Å². The van der Waals surface area contributed by atoms with Crippen molar-refractivity contribution < 1.29 is 13.2 Å². The second-order valence-corrected chi connectivity index (χ2v) is 5.10. The van der Waals surface area contributed by atoms with Crippen molar-refractivity contribution in [2.45, 2.75) is 5.75 Å². The molecule has 5 nitrogen and oxygen atoms in total. The smallest absolute Gasteiger partial charge is 0.215 e. The number of nitrogens with one attached hydrogen (secondary N) is 1. The van der Waals surface area contributed by atoms with Gasteiger partial charge in [0, 0.05) is 13.1 Å². The standard InChI is InChI=1S/C10H16N2O3S/c1-15-10-4-2-3-9(7-10)8-16(13,14)12-6-5-11/h2-4,7,12H,5-6,8,11H2,1H3. The Kier molecular flexibility index (Phi) is 4.72. The van der Waals surface area contributed by atoms with Crippen LogP contribution < -0.4 is 15.2 Å². The molecule has 0 aliphatic heterocycles. The summed E-state index contributed by atoms with van der Waals surface area (Å²) in [6, 6.07) is 6.96. The van der Waals surface area contributed by atoms with Crippen LogP contribution in [0.2, 0.25) is 0 Å². The first kappa shape index (κ1) is 13.0. The van der Waals surface area contributed by atoms with Crippen LogP contribution in [0.3, 0.4) is 0 Å². The Hall–Kier alpha value is -1.11. The van der Waals surface area contributed by atoms with E-state index in [-0.39, 0.29) is 18.8 Å². The molecule has 90 valence electrons. The molecule has 0 radical (unpaired) electrons. The number of hydrogen-bond acceptors (Lipinski definition) is 4. The molecule has 16 heavy (non-hydrogen) atoms. The van der Waals surface area contributed by atoms with Crippen molar-refractivity contribution in [3.63, 3.8) is 0 Å². The number of sulfonamides is 1. The minimum atomic E-state index is -3.31. The summed E-state index contributed by atoms with van der Waals surface area (Å²) in [7, 11) is -1.77. The third-order valence-electron chi connectivity index (χ3n) is 1.96. The maximum absolute atomic E-state index is 11.6. The first-order valence-corrected chi connectivity index (χ1v) is 6.53. The van der Waals surface area contributed by atoms with Gasteiger partial charge in [0.2, 0.25) is 10.0 Å². The molecular formula is C10H16N2O3S. The van der Waals surface area contributed by atoms with Crippen molar-refractivity contribution >= 4 is 10.0 Å². The highest BCUT2D eigenvalue weighted by molar-refractivity contribution is 7.88. The van der Waals surface area contributed by atoms with E-state index in [1.54, 1.807) is 31.4 Å². The molecule has 0 aromatic heterocycles. The molecule has 0 fully saturated rings. The van der Waals surface area contributed by atoms with E-state index < -0.39 is 10.0 Å². The number of rotatable bonds is 6. The number of ether oxygens (including phenoxy) is 1. The largest absolute Gasteiger partial charge is 0.497 e. The van der Waals surface area contributed by atoms with E-state index in [1.807, 2.05) is 0 Å². The Balaban J connectivity index is 2.72. The molecule has 0 spiro atoms. The minimum absolute atomic E-state index is 0.0653. The fraction of sp³-hybridized carbons (Fsp3) is 0.400. The molecule has 0 aliphatic rings. The van der Waals surface area contributed by atoms with E-state index in [1.165, 1.54) is 0 Å². The molecular weight excluding hydrogens is 228 g/mol. The molecule has 1 rings (SSSR count). The van der Waals surface area contributed by atoms with Crippen molar-refractivity contribution in [2.75, 3.05) is 20.2 Å². The lowest BCUT2D eigenvalue weighted by molar-refractivity contribution is 0.414. The molecule has 0 heterocycles. The predicted molar refractivity (Wildman–Crippen MR) is 62.7 cm³/mol. The van der Waals surface area contributed by atoms with Gasteiger partial charge in [0.25, 0.3) is 0 Å². The molecule has 0 atom stereocenters. The van der Waals surface area contributed by atoms with Gasteiger partial charge >= 0.3 is 0 Å². The van der Waals surface area contributed by atoms with E-state index >= 15 is 0 Å². The molecule has 3 N–H and O–H groups in total. The summed E-state index contributed by atoms with van der Waals surface area (Å²) in [5, 5.41) is 0. The normalized spacial score (nSPS) is 11.4. The SMILES string of the molecule is COc1cccc(CS(=O)(=O)NCCN)c1. The first-order valence-electron chi connectivity index (χ1n) is 4.88. The van der Waals surface area contributed by atoms with Gasteiger partial charge in [0.05, 0.1) is 12.9 Å². The molecule has 0 bridgehead atoms. The van der Waals surface area contributed by atoms with Gasteiger partial charge in [-0.05, 0) is 17.7 Å². The zero-order valence-electron chi connectivity index (χ0n) is 9.14. The molecule has 6 heteroatoms. The highest BCUT2D eigenvalue weighted by Gasteiger charge is 2.10. The van der Waals surface area contributed by atoms with Gasteiger partial charge in [0.15, 0.2) is 0 Å². The van der Waals surface area contributed by atoms with Crippen molar-refractivity contribution in [3.8, 4) is 5.75 Å². The molecule has 0 saturated carbocycles. The van der Waals surface area contributed by atoms with Crippen LogP contribution >= 0.6 is 0 Å². The van der Waals surface area contributed by atoms with E-state index in [4.69, 9.17) is 10.5 Å². The predicted octanol–water partition coefficient (Wildman–Crippen LogP) is 0.0733. The Bertz CT molecular complexity index is 431. The number of benzene rings is 1. The number of nitrogens with two attached hydrogens (primary N) is 1. The summed E-state index contributed by atoms with van der Waals surface area (Å²) < 4.78 is 30.5. The fourth-order valence-corrected chi connectivity index (χ4v) is 2.40. The zero-order chi connectivity index (χ0) is 12.0. The van der Waals surface area contributed by atoms with E-state index in [0.29, 0.717) is 11.3 Å². The van der Waals surface area contributed by atoms with Crippen molar-refractivity contribution in [2.24, 2.45) is 5.73 Å². The number of methoxy groups -OCH3 is 1. The Morgan fingerprint density at radius 2 is 2.19 bits per heavy atom. The van der Waals surface area contributed by atoms with Crippen molar-refractivity contribution in [1.29, 1.82) is 0 Å². The summed E-state index contributed by atoms with van der Waals surface area (Å²) in [5.74, 6) is 0.580. The van der Waals surface area contributed by atoms with E-state index in [2.05, 4.69) is 4.72 Å². The molecule has 0 saturated heterocycles. The average molecular weight is 244 g/mol. The quantitative estimate of drug-likeness (QED) is 0.742. The van der Waals surface area contributed by atoms with Crippen LogP contribution in [-0.4, -0.2) is 28.6 Å². The van der Waals surface area contributed by atoms with Crippen LogP contribution in [0, 0.1) is 0 Å². The summed E-state index contributed by atoms with van der Waals surface area (Å²) in [4.78, 5) is 0. The Morgan fingerprint density at radius 1 is 1.44 bits per heavy atom. The summed E-state index contributed by atoms with van der Waals surface area (Å²) in [5.41, 5.74) is 5.91. The van der Waals surface area contributed by atoms with Gasteiger partial charge < -0.3 is 10.5 Å². The maximum Gasteiger partial charge on any atom is 0.215 e. The van der Waals surface area contributed by atoms with E-state index in [0.717, 1.165) is 0 Å². The van der Waals surface area contributed by atoms with Crippen LogP contribution in [-0.2, 0) is 15.8 Å². The molecule has 1 aromatic carbocycles. The monoisotopic (exact) mass is 244 g/mol. The van der Waals surface area contributed by atoms with Gasteiger partial charge in [-0.2, -0.15) is 0 Å². The fourth-order valence-electron chi connectivity index (χ4n) is 1.25. The maximum atomic E-state index is 11.6. The highest BCUT2D eigenvalue weighted by atomic mass is 32.2. The minimum Gasteiger partial charge on any atom is -0.497 e. The van der Waals surface area contributed by atoms with Gasteiger partial charge in [-0.15, -0.1) is 0 Å². The van der Waals surface area contributed by atoms with Crippen LogP contribution in [0.25, 0.3) is 0 Å². The van der Waals surface area contributed by atoms with Gasteiger partial charge in [-0.3, -0.25) is 0 Å². The van der Waals surface area contributed by atoms with Gasteiger partial charge in [0.1, 0.15) is 5.75 Å². The lowest BCUT2D eigenvalue weighted by Gasteiger charge is -2.06. The van der Waals surface area contributed by atoms with Gasteiger partial charge in [-0.25, -0.2) is 13.1 Å².